The first-order valence-electron chi connectivity index (χ1n) is 13.0. The van der Waals surface area contributed by atoms with Gasteiger partial charge in [-0.05, 0) is 24.3 Å². The van der Waals surface area contributed by atoms with Crippen molar-refractivity contribution in [1.82, 2.24) is 0 Å². The van der Waals surface area contributed by atoms with E-state index in [-0.39, 0.29) is 0 Å². The minimum Gasteiger partial charge on any atom is -0.504 e. The monoisotopic (exact) mass is 650 g/mol. The summed E-state index contributed by atoms with van der Waals surface area (Å²) in [5.74, 6) is -21.9. The zero-order chi connectivity index (χ0) is 33.6. The van der Waals surface area contributed by atoms with Crippen molar-refractivity contribution in [2.45, 2.75) is 48.2 Å². The van der Waals surface area contributed by atoms with Crippen LogP contribution in [0.2, 0.25) is 0 Å². The molecule has 6 rings (SSSR count). The standard InChI is InChI=1S/C27H22O19/c28-5-12-19-18(35)21(25(42-12)45-22(36)6-1-9(29)16(33)10(30)2-6)44-23(37)7-3-11(31)17(34)20-14(7)15-8(24(38)43-19)4-13(32)26(39,40)27(15,41)46-20/h1-4,12,15,18-19,21,25,28-31,33-35,39-41H,5H2/t12?,15-,18?,19+,21?,25-,27+/m0/s1. The molecule has 0 spiro atoms. The fourth-order valence-corrected chi connectivity index (χ4v) is 5.62. The van der Waals surface area contributed by atoms with Gasteiger partial charge in [-0.1, -0.05) is 0 Å². The third-order valence-electron chi connectivity index (χ3n) is 7.92. The van der Waals surface area contributed by atoms with Gasteiger partial charge in [0.05, 0.1) is 29.2 Å². The molecule has 0 saturated carbocycles. The van der Waals surface area contributed by atoms with Crippen molar-refractivity contribution in [3.05, 3.63) is 46.5 Å². The van der Waals surface area contributed by atoms with Gasteiger partial charge in [-0.2, -0.15) is 0 Å². The second-order valence-electron chi connectivity index (χ2n) is 10.6. The predicted octanol–water partition coefficient (Wildman–Crippen LogP) is -3.04. The molecule has 2 aromatic carbocycles. The smallest absolute Gasteiger partial charge is 0.340 e. The molecule has 19 nitrogen and oxygen atoms in total. The fraction of sp³-hybridized carbons (Fsp3) is 0.333. The maximum absolute atomic E-state index is 13.6. The lowest BCUT2D eigenvalue weighted by Gasteiger charge is -2.43. The molecule has 19 heteroatoms. The number of benzene rings is 2. The number of ether oxygens (including phenoxy) is 5. The molecule has 10 N–H and O–H groups in total. The highest BCUT2D eigenvalue weighted by Crippen LogP contribution is 2.59. The summed E-state index contributed by atoms with van der Waals surface area (Å²) >= 11 is 0. The molecule has 3 unspecified atom stereocenters. The van der Waals surface area contributed by atoms with Gasteiger partial charge in [-0.3, -0.25) is 4.79 Å². The van der Waals surface area contributed by atoms with E-state index in [1.54, 1.807) is 0 Å². The van der Waals surface area contributed by atoms with E-state index in [1.165, 1.54) is 0 Å². The van der Waals surface area contributed by atoms with Crippen LogP contribution in [-0.2, 0) is 28.5 Å². The number of esters is 3. The lowest BCUT2D eigenvalue weighted by atomic mass is 9.74. The van der Waals surface area contributed by atoms with Crippen molar-refractivity contribution in [3.8, 4) is 34.5 Å². The zero-order valence-electron chi connectivity index (χ0n) is 22.6. The number of carbonyl (C=O) groups is 4. The average Bonchev–Trinajstić information content (AvgIpc) is 3.32. The van der Waals surface area contributed by atoms with Gasteiger partial charge in [0.15, 0.2) is 41.0 Å². The fourth-order valence-electron chi connectivity index (χ4n) is 5.62. The van der Waals surface area contributed by atoms with Crippen LogP contribution < -0.4 is 4.74 Å². The Morgan fingerprint density at radius 3 is 2.11 bits per heavy atom. The summed E-state index contributed by atoms with van der Waals surface area (Å²) in [6, 6.07) is 1.92. The van der Waals surface area contributed by atoms with Crippen LogP contribution in [-0.4, -0.2) is 124 Å². The first-order valence-corrected chi connectivity index (χ1v) is 13.0. The van der Waals surface area contributed by atoms with E-state index in [1.807, 2.05) is 0 Å². The number of aliphatic hydroxyl groups is 5. The maximum Gasteiger partial charge on any atom is 0.340 e. The lowest BCUT2D eigenvalue weighted by Crippen LogP contribution is -2.66. The van der Waals surface area contributed by atoms with Gasteiger partial charge in [0.2, 0.25) is 17.8 Å². The van der Waals surface area contributed by atoms with Crippen LogP contribution in [0, 0.1) is 0 Å². The number of phenolic OH excluding ortho intramolecular Hbond substituents is 5. The number of fused-ring (bicyclic) bond motifs is 2. The number of rotatable bonds is 3. The van der Waals surface area contributed by atoms with Gasteiger partial charge in [-0.15, -0.1) is 0 Å². The van der Waals surface area contributed by atoms with E-state index < -0.39 is 135 Å². The Kier molecular flexibility index (Phi) is 6.82. The van der Waals surface area contributed by atoms with Crippen molar-refractivity contribution >= 4 is 23.7 Å². The Morgan fingerprint density at radius 1 is 0.870 bits per heavy atom. The van der Waals surface area contributed by atoms with E-state index in [0.29, 0.717) is 24.3 Å². The molecule has 2 aromatic rings. The quantitative estimate of drug-likeness (QED) is 0.0683. The molecule has 0 aromatic heterocycles. The van der Waals surface area contributed by atoms with Gasteiger partial charge in [0.25, 0.3) is 11.6 Å². The molecule has 4 aliphatic rings. The highest BCUT2D eigenvalue weighted by atomic mass is 16.7. The van der Waals surface area contributed by atoms with Gasteiger partial charge in [0.1, 0.15) is 12.2 Å². The lowest BCUT2D eigenvalue weighted by molar-refractivity contribution is -0.323. The number of carbonyl (C=O) groups excluding carboxylic acids is 4. The first kappa shape index (κ1) is 30.8. The van der Waals surface area contributed by atoms with E-state index in [9.17, 15) is 70.2 Å². The molecule has 0 amide bonds. The van der Waals surface area contributed by atoms with Crippen molar-refractivity contribution in [2.75, 3.05) is 6.61 Å². The van der Waals surface area contributed by atoms with Crippen LogP contribution in [0.1, 0.15) is 32.2 Å². The molecule has 3 aliphatic heterocycles. The van der Waals surface area contributed by atoms with Gasteiger partial charge >= 0.3 is 17.9 Å². The largest absolute Gasteiger partial charge is 0.504 e. The third-order valence-corrected chi connectivity index (χ3v) is 7.92. The minimum atomic E-state index is -3.81. The van der Waals surface area contributed by atoms with Crippen molar-refractivity contribution < 1.29 is 93.9 Å². The Morgan fingerprint density at radius 2 is 1.48 bits per heavy atom. The molecular weight excluding hydrogens is 628 g/mol. The molecule has 1 saturated heterocycles. The van der Waals surface area contributed by atoms with E-state index >= 15 is 0 Å². The van der Waals surface area contributed by atoms with E-state index in [2.05, 4.69) is 0 Å². The van der Waals surface area contributed by atoms with Gasteiger partial charge in [-0.25, -0.2) is 14.4 Å². The summed E-state index contributed by atoms with van der Waals surface area (Å²) in [5.41, 5.74) is -3.02. The van der Waals surface area contributed by atoms with Crippen LogP contribution in [0.3, 0.4) is 0 Å². The van der Waals surface area contributed by atoms with Crippen LogP contribution in [0.5, 0.6) is 34.5 Å². The number of aliphatic hydroxyl groups excluding tert-OH is 2. The summed E-state index contributed by atoms with van der Waals surface area (Å²) in [7, 11) is 0. The van der Waals surface area contributed by atoms with Crippen LogP contribution in [0.4, 0.5) is 0 Å². The summed E-state index contributed by atoms with van der Waals surface area (Å²) in [6.45, 7) is -1.05. The van der Waals surface area contributed by atoms with Crippen LogP contribution in [0.15, 0.2) is 29.8 Å². The summed E-state index contributed by atoms with van der Waals surface area (Å²) in [6.07, 6.45) is -9.88. The topological polar surface area (TPSA) is 317 Å². The van der Waals surface area contributed by atoms with E-state index in [0.717, 1.165) is 0 Å². The number of hydrogen-bond acceptors (Lipinski definition) is 19. The molecule has 46 heavy (non-hydrogen) atoms. The summed E-state index contributed by atoms with van der Waals surface area (Å²) in [4.78, 5) is 52.8. The van der Waals surface area contributed by atoms with Crippen LogP contribution >= 0.6 is 0 Å². The summed E-state index contributed by atoms with van der Waals surface area (Å²) < 4.78 is 26.4. The molecule has 7 atom stereocenters. The Bertz CT molecular complexity index is 1720. The highest BCUT2D eigenvalue weighted by Gasteiger charge is 2.70. The highest BCUT2D eigenvalue weighted by molar-refractivity contribution is 6.08. The molecule has 244 valence electrons. The number of phenols is 5. The number of aromatic hydroxyl groups is 5. The maximum atomic E-state index is 13.6. The van der Waals surface area contributed by atoms with E-state index in [4.69, 9.17) is 23.7 Å². The molecule has 3 heterocycles. The van der Waals surface area contributed by atoms with Crippen LogP contribution in [0.25, 0.3) is 0 Å². The normalized spacial score (nSPS) is 31.0. The SMILES string of the molecule is O=C1O[C@@H]2C(CO)O[C@@H](OC(=O)c3cc(O)c(O)c(O)c3)C(OC(=O)c3cc(O)c(O)c4c3[C@@H]3C1=CC(=O)C(O)(O)[C@]3(O)O4)C2O. The molecule has 2 bridgehead atoms. The molecule has 0 radical (unpaired) electrons. The molecular formula is C27H22O19. The second-order valence-corrected chi connectivity index (χ2v) is 10.6. The predicted molar refractivity (Wildman–Crippen MR) is 136 cm³/mol. The molecule has 1 fully saturated rings. The van der Waals surface area contributed by atoms with Crippen molar-refractivity contribution in [3.63, 3.8) is 0 Å². The number of ketones is 1. The first-order chi connectivity index (χ1) is 21.5. The minimum absolute atomic E-state index is 0.339. The second kappa shape index (κ2) is 10.2. The third kappa shape index (κ3) is 4.21. The zero-order valence-corrected chi connectivity index (χ0v) is 22.6. The summed E-state index contributed by atoms with van der Waals surface area (Å²) in [5, 5.41) is 104. The van der Waals surface area contributed by atoms with Crippen molar-refractivity contribution in [2.24, 2.45) is 0 Å². The van der Waals surface area contributed by atoms with Gasteiger partial charge < -0.3 is 74.7 Å². The number of hydrogen-bond donors (Lipinski definition) is 10. The Labute approximate surface area is 253 Å². The Hall–Kier alpha value is -5.18. The molecule has 1 aliphatic carbocycles. The Balaban J connectivity index is 1.48. The average molecular weight is 650 g/mol. The van der Waals surface area contributed by atoms with Crippen molar-refractivity contribution in [1.29, 1.82) is 0 Å². The van der Waals surface area contributed by atoms with Gasteiger partial charge in [0, 0.05) is 5.56 Å².